The summed E-state index contributed by atoms with van der Waals surface area (Å²) >= 11 is 0. The molecule has 0 amide bonds. The normalized spacial score (nSPS) is 32.2. The number of fused-ring (bicyclic) bond motifs is 4. The number of aliphatic hydroxyl groups excluding tert-OH is 1. The molecule has 0 spiro atoms. The number of rotatable bonds is 6. The van der Waals surface area contributed by atoms with Crippen molar-refractivity contribution in [3.8, 4) is 0 Å². The molecular weight excluding hydrogens is 580 g/mol. The molecule has 1 aromatic rings. The summed E-state index contributed by atoms with van der Waals surface area (Å²) in [5, 5.41) is 11.9. The lowest BCUT2D eigenvalue weighted by atomic mass is 9.57. The summed E-state index contributed by atoms with van der Waals surface area (Å²) in [6.45, 7) is 10.8. The van der Waals surface area contributed by atoms with Gasteiger partial charge in [0.05, 0.1) is 0 Å². The van der Waals surface area contributed by atoms with Gasteiger partial charge in [-0.15, -0.1) is 0 Å². The Bertz CT molecular complexity index is 1450. The van der Waals surface area contributed by atoms with Crippen molar-refractivity contribution in [1.82, 2.24) is 0 Å². The molecule has 4 rings (SSSR count). The predicted molar refractivity (Wildman–Crippen MR) is 163 cm³/mol. The van der Waals surface area contributed by atoms with Crippen molar-refractivity contribution in [2.24, 2.45) is 16.7 Å². The molecule has 1 aromatic carbocycles. The van der Waals surface area contributed by atoms with Gasteiger partial charge in [-0.2, -0.15) is 0 Å². The molecule has 0 saturated heterocycles. The first kappa shape index (κ1) is 33.8. The van der Waals surface area contributed by atoms with Crippen LogP contribution in [-0.2, 0) is 42.9 Å². The van der Waals surface area contributed by atoms with Crippen molar-refractivity contribution in [2.45, 2.75) is 98.2 Å². The highest BCUT2D eigenvalue weighted by molar-refractivity contribution is 6.01. The van der Waals surface area contributed by atoms with Crippen molar-refractivity contribution < 1.29 is 48.0 Å². The highest BCUT2D eigenvalue weighted by Crippen LogP contribution is 2.53. The van der Waals surface area contributed by atoms with Gasteiger partial charge < -0.3 is 24.1 Å². The second-order valence-corrected chi connectivity index (χ2v) is 13.0. The monoisotopic (exact) mass is 622 g/mol. The third kappa shape index (κ3) is 7.11. The van der Waals surface area contributed by atoms with Crippen LogP contribution in [0.1, 0.15) is 73.3 Å². The number of benzene rings is 1. The Morgan fingerprint density at radius 2 is 1.49 bits per heavy atom. The topological polar surface area (TPSA) is 143 Å². The third-order valence-corrected chi connectivity index (χ3v) is 9.36. The van der Waals surface area contributed by atoms with Gasteiger partial charge in [-0.05, 0) is 48.6 Å². The van der Waals surface area contributed by atoms with E-state index in [9.17, 15) is 29.1 Å². The summed E-state index contributed by atoms with van der Waals surface area (Å²) in [7, 11) is 0. The molecule has 1 fully saturated rings. The summed E-state index contributed by atoms with van der Waals surface area (Å²) in [6, 6.07) is 9.20. The zero-order valence-corrected chi connectivity index (χ0v) is 26.8. The number of ether oxygens (including phenoxy) is 4. The van der Waals surface area contributed by atoms with Crippen LogP contribution in [0.15, 0.2) is 59.2 Å². The van der Waals surface area contributed by atoms with E-state index in [0.29, 0.717) is 11.1 Å². The first-order valence-corrected chi connectivity index (χ1v) is 15.1. The minimum Gasteiger partial charge on any atom is -0.462 e. The summed E-state index contributed by atoms with van der Waals surface area (Å²) < 4.78 is 23.1. The number of carbonyl (C=O) groups is 5. The predicted octanol–water partition coefficient (Wildman–Crippen LogP) is 4.44. The Morgan fingerprint density at radius 1 is 0.867 bits per heavy atom. The van der Waals surface area contributed by atoms with E-state index in [1.165, 1.54) is 26.8 Å². The van der Waals surface area contributed by atoms with Crippen LogP contribution in [0.5, 0.6) is 0 Å². The molecule has 7 unspecified atom stereocenters. The summed E-state index contributed by atoms with van der Waals surface area (Å²) in [5.41, 5.74) is -0.229. The maximum atomic E-state index is 14.4. The Balaban J connectivity index is 1.88. The molecule has 0 radical (unpaired) electrons. The Hall–Kier alpha value is -4.05. The molecule has 7 atom stereocenters. The smallest absolute Gasteiger partial charge is 0.331 e. The van der Waals surface area contributed by atoms with Crippen molar-refractivity contribution in [1.29, 1.82) is 0 Å². The average Bonchev–Trinajstić information content (AvgIpc) is 2.94. The highest BCUT2D eigenvalue weighted by Gasteiger charge is 2.57. The van der Waals surface area contributed by atoms with Crippen LogP contribution in [0.25, 0.3) is 6.08 Å². The zero-order chi connectivity index (χ0) is 33.3. The van der Waals surface area contributed by atoms with Crippen molar-refractivity contribution in [2.75, 3.05) is 0 Å². The quantitative estimate of drug-likeness (QED) is 0.209. The van der Waals surface area contributed by atoms with Gasteiger partial charge >= 0.3 is 23.9 Å². The second kappa shape index (κ2) is 13.1. The van der Waals surface area contributed by atoms with E-state index in [1.807, 2.05) is 44.2 Å². The van der Waals surface area contributed by atoms with Crippen LogP contribution < -0.4 is 0 Å². The lowest BCUT2D eigenvalue weighted by molar-refractivity contribution is -0.174. The fourth-order valence-electron chi connectivity index (χ4n) is 7.16. The third-order valence-electron chi connectivity index (χ3n) is 9.36. The van der Waals surface area contributed by atoms with Crippen LogP contribution in [0, 0.1) is 16.7 Å². The largest absolute Gasteiger partial charge is 0.462 e. The molecule has 3 aliphatic rings. The van der Waals surface area contributed by atoms with E-state index in [2.05, 4.69) is 0 Å². The molecule has 45 heavy (non-hydrogen) atoms. The molecule has 242 valence electrons. The fraction of sp³-hybridized carbons (Fsp3) is 0.514. The molecule has 10 heteroatoms. The highest BCUT2D eigenvalue weighted by atomic mass is 16.6. The standard InChI is InChI=1S/C35H42O10/c1-19-26(42-20(2)36)16-25-28(43-21(3)37)15-24-18-35(7,33(41)32(40)31(19)34(25,5)6)29(44-22(4)38)17-27(24)45-30(39)14-13-23-11-9-8-10-12-23/h8-15,25-29,33,41H,16-18H2,1-7H3/b14-13+,24-15+. The zero-order valence-electron chi connectivity index (χ0n) is 26.8. The minimum atomic E-state index is -1.63. The Kier molecular flexibility index (Phi) is 9.87. The summed E-state index contributed by atoms with van der Waals surface area (Å²) in [6.07, 6.45) is -0.458. The average molecular weight is 623 g/mol. The van der Waals surface area contributed by atoms with Crippen molar-refractivity contribution in [3.63, 3.8) is 0 Å². The lowest BCUT2D eigenvalue weighted by Crippen LogP contribution is -2.57. The molecule has 1 saturated carbocycles. The van der Waals surface area contributed by atoms with Gasteiger partial charge in [-0.3, -0.25) is 19.2 Å². The van der Waals surface area contributed by atoms with Gasteiger partial charge in [-0.25, -0.2) is 4.79 Å². The van der Waals surface area contributed by atoms with E-state index in [4.69, 9.17) is 18.9 Å². The Morgan fingerprint density at radius 3 is 2.09 bits per heavy atom. The van der Waals surface area contributed by atoms with Crippen LogP contribution in [-0.4, -0.2) is 65.3 Å². The number of hydrogen-bond donors (Lipinski definition) is 1. The molecule has 0 aromatic heterocycles. The summed E-state index contributed by atoms with van der Waals surface area (Å²) in [4.78, 5) is 64.3. The number of Topliss-reactive ketones (excluding diaryl/α,β-unsaturated/α-hetero) is 1. The molecule has 0 heterocycles. The van der Waals surface area contributed by atoms with Crippen LogP contribution >= 0.6 is 0 Å². The van der Waals surface area contributed by atoms with Gasteiger partial charge in [0.15, 0.2) is 5.78 Å². The first-order chi connectivity index (χ1) is 21.0. The van der Waals surface area contributed by atoms with Gasteiger partial charge in [0.2, 0.25) is 0 Å². The van der Waals surface area contributed by atoms with E-state index in [0.717, 1.165) is 5.56 Å². The molecule has 4 bridgehead atoms. The van der Waals surface area contributed by atoms with Gasteiger partial charge in [0, 0.05) is 55.6 Å². The summed E-state index contributed by atoms with van der Waals surface area (Å²) in [5.74, 6) is -3.54. The molecule has 10 nitrogen and oxygen atoms in total. The maximum Gasteiger partial charge on any atom is 0.331 e. The maximum absolute atomic E-state index is 14.4. The van der Waals surface area contributed by atoms with Crippen LogP contribution in [0.2, 0.25) is 0 Å². The van der Waals surface area contributed by atoms with Gasteiger partial charge in [0.25, 0.3) is 0 Å². The van der Waals surface area contributed by atoms with Gasteiger partial charge in [0.1, 0.15) is 30.5 Å². The molecule has 0 aliphatic heterocycles. The number of hydrogen-bond acceptors (Lipinski definition) is 10. The minimum absolute atomic E-state index is 0.00279. The number of ketones is 1. The van der Waals surface area contributed by atoms with E-state index in [-0.39, 0.29) is 24.8 Å². The van der Waals surface area contributed by atoms with Crippen molar-refractivity contribution >= 4 is 35.7 Å². The molecule has 1 N–H and O–H groups in total. The van der Waals surface area contributed by atoms with E-state index in [1.54, 1.807) is 26.0 Å². The van der Waals surface area contributed by atoms with E-state index < -0.39 is 76.9 Å². The second-order valence-electron chi connectivity index (χ2n) is 13.0. The van der Waals surface area contributed by atoms with Gasteiger partial charge in [-0.1, -0.05) is 51.1 Å². The van der Waals surface area contributed by atoms with E-state index >= 15 is 0 Å². The fourth-order valence-corrected chi connectivity index (χ4v) is 7.16. The van der Waals surface area contributed by atoms with Crippen LogP contribution in [0.3, 0.4) is 0 Å². The number of esters is 4. The van der Waals surface area contributed by atoms with Crippen LogP contribution in [0.4, 0.5) is 0 Å². The number of aliphatic hydroxyl groups is 1. The SMILES string of the molecule is CC(=O)OC1CC2C(OC(C)=O)/C=C3\CC(C)(C(OC(C)=O)CC3OC(=O)/C=C/c3ccccc3)C(O)C(=O)C(=C1C)C2(C)C. The first-order valence-electron chi connectivity index (χ1n) is 15.1. The van der Waals surface area contributed by atoms with Crippen molar-refractivity contribution in [3.05, 3.63) is 64.8 Å². The molecule has 3 aliphatic carbocycles. The Labute approximate surface area is 263 Å². The molecular formula is C35H42O10. The number of carbonyl (C=O) groups excluding carboxylic acids is 5. The lowest BCUT2D eigenvalue weighted by Gasteiger charge is -2.51.